The van der Waals surface area contributed by atoms with E-state index in [2.05, 4.69) is 6.92 Å². The third kappa shape index (κ3) is 1.70. The van der Waals surface area contributed by atoms with E-state index >= 15 is 0 Å². The standard InChI is InChI=1S/C8H16O2/c1-6-3-4-7(9)8(5-6)10-2/h6-9H,3-5H2,1-2H3/t6-,7+,8+/m0/s1. The van der Waals surface area contributed by atoms with E-state index in [4.69, 9.17) is 4.74 Å². The second-order valence-electron chi connectivity index (χ2n) is 3.26. The summed E-state index contributed by atoms with van der Waals surface area (Å²) in [6.45, 7) is 2.21. The number of aliphatic hydroxyl groups excluding tert-OH is 1. The monoisotopic (exact) mass is 144 g/mol. The van der Waals surface area contributed by atoms with E-state index in [1.165, 1.54) is 0 Å². The van der Waals surface area contributed by atoms with Crippen molar-refractivity contribution >= 4 is 0 Å². The fourth-order valence-electron chi connectivity index (χ4n) is 1.57. The van der Waals surface area contributed by atoms with Gasteiger partial charge in [0.15, 0.2) is 0 Å². The Morgan fingerprint density at radius 3 is 2.60 bits per heavy atom. The molecule has 0 spiro atoms. The minimum absolute atomic E-state index is 0.0868. The van der Waals surface area contributed by atoms with Crippen LogP contribution in [0.4, 0.5) is 0 Å². The summed E-state index contributed by atoms with van der Waals surface area (Å²) in [5.74, 6) is 0.716. The molecule has 1 saturated carbocycles. The van der Waals surface area contributed by atoms with Crippen LogP contribution in [0.2, 0.25) is 0 Å². The Bertz CT molecular complexity index is 103. The molecule has 2 heteroatoms. The zero-order valence-corrected chi connectivity index (χ0v) is 6.71. The Morgan fingerprint density at radius 2 is 2.10 bits per heavy atom. The molecule has 60 valence electrons. The predicted octanol–water partition coefficient (Wildman–Crippen LogP) is 1.18. The highest BCUT2D eigenvalue weighted by molar-refractivity contribution is 4.77. The van der Waals surface area contributed by atoms with Gasteiger partial charge in [-0.2, -0.15) is 0 Å². The molecule has 0 aliphatic heterocycles. The molecule has 0 aromatic rings. The van der Waals surface area contributed by atoms with E-state index in [1.807, 2.05) is 0 Å². The average Bonchev–Trinajstić information content (AvgIpc) is 1.94. The van der Waals surface area contributed by atoms with E-state index < -0.39 is 0 Å². The zero-order valence-electron chi connectivity index (χ0n) is 6.71. The number of rotatable bonds is 1. The molecule has 1 aliphatic rings. The van der Waals surface area contributed by atoms with Crippen LogP contribution in [0.15, 0.2) is 0 Å². The van der Waals surface area contributed by atoms with Crippen LogP contribution in [0.3, 0.4) is 0 Å². The number of aliphatic hydroxyl groups is 1. The lowest BCUT2D eigenvalue weighted by atomic mass is 9.87. The molecule has 10 heavy (non-hydrogen) atoms. The number of hydrogen-bond acceptors (Lipinski definition) is 2. The summed E-state index contributed by atoms with van der Waals surface area (Å²) in [5.41, 5.74) is 0. The third-order valence-corrected chi connectivity index (χ3v) is 2.32. The van der Waals surface area contributed by atoms with Crippen LogP contribution >= 0.6 is 0 Å². The van der Waals surface area contributed by atoms with E-state index in [0.717, 1.165) is 19.3 Å². The van der Waals surface area contributed by atoms with Crippen LogP contribution in [0, 0.1) is 5.92 Å². The van der Waals surface area contributed by atoms with Gasteiger partial charge >= 0.3 is 0 Å². The summed E-state index contributed by atoms with van der Waals surface area (Å²) in [4.78, 5) is 0. The van der Waals surface area contributed by atoms with Gasteiger partial charge in [0.1, 0.15) is 0 Å². The lowest BCUT2D eigenvalue weighted by Crippen LogP contribution is -2.34. The van der Waals surface area contributed by atoms with Crippen molar-refractivity contribution in [2.75, 3.05) is 7.11 Å². The van der Waals surface area contributed by atoms with Crippen molar-refractivity contribution in [3.63, 3.8) is 0 Å². The molecule has 1 aliphatic carbocycles. The normalized spacial score (nSPS) is 41.7. The highest BCUT2D eigenvalue weighted by atomic mass is 16.5. The van der Waals surface area contributed by atoms with Crippen LogP contribution in [0.5, 0.6) is 0 Å². The lowest BCUT2D eigenvalue weighted by Gasteiger charge is -2.30. The minimum Gasteiger partial charge on any atom is -0.390 e. The summed E-state index contributed by atoms with van der Waals surface area (Å²) >= 11 is 0. The minimum atomic E-state index is -0.221. The Morgan fingerprint density at radius 1 is 1.40 bits per heavy atom. The van der Waals surface area contributed by atoms with Gasteiger partial charge in [-0.3, -0.25) is 0 Å². The van der Waals surface area contributed by atoms with Crippen LogP contribution in [-0.4, -0.2) is 24.4 Å². The van der Waals surface area contributed by atoms with Gasteiger partial charge in [-0.1, -0.05) is 6.92 Å². The molecule has 0 unspecified atom stereocenters. The molecule has 0 aromatic heterocycles. The maximum absolute atomic E-state index is 9.36. The quantitative estimate of drug-likeness (QED) is 0.599. The summed E-state index contributed by atoms with van der Waals surface area (Å²) in [5, 5.41) is 9.36. The van der Waals surface area contributed by atoms with Crippen LogP contribution in [0.1, 0.15) is 26.2 Å². The Hall–Kier alpha value is -0.0800. The van der Waals surface area contributed by atoms with Crippen LogP contribution in [-0.2, 0) is 4.74 Å². The molecule has 2 nitrogen and oxygen atoms in total. The van der Waals surface area contributed by atoms with E-state index in [0.29, 0.717) is 5.92 Å². The summed E-state index contributed by atoms with van der Waals surface area (Å²) in [7, 11) is 1.67. The molecule has 0 bridgehead atoms. The molecule has 3 atom stereocenters. The van der Waals surface area contributed by atoms with Crippen molar-refractivity contribution in [1.82, 2.24) is 0 Å². The fraction of sp³-hybridized carbons (Fsp3) is 1.00. The number of hydrogen-bond donors (Lipinski definition) is 1. The van der Waals surface area contributed by atoms with Crippen LogP contribution in [0.25, 0.3) is 0 Å². The molecular weight excluding hydrogens is 128 g/mol. The highest BCUT2D eigenvalue weighted by Gasteiger charge is 2.26. The smallest absolute Gasteiger partial charge is 0.0832 e. The van der Waals surface area contributed by atoms with Crippen LogP contribution < -0.4 is 0 Å². The molecule has 1 N–H and O–H groups in total. The summed E-state index contributed by atoms with van der Waals surface area (Å²) in [6.07, 6.45) is 2.92. The molecule has 1 fully saturated rings. The zero-order chi connectivity index (χ0) is 7.56. The SMILES string of the molecule is CO[C@@H]1C[C@@H](C)CC[C@H]1O. The first kappa shape index (κ1) is 8.02. The lowest BCUT2D eigenvalue weighted by molar-refractivity contribution is -0.0481. The van der Waals surface area contributed by atoms with Crippen molar-refractivity contribution in [3.05, 3.63) is 0 Å². The molecule has 0 saturated heterocycles. The highest BCUT2D eigenvalue weighted by Crippen LogP contribution is 2.25. The molecule has 0 radical (unpaired) electrons. The van der Waals surface area contributed by atoms with Gasteiger partial charge in [0, 0.05) is 7.11 Å². The first-order valence-electron chi connectivity index (χ1n) is 3.95. The van der Waals surface area contributed by atoms with E-state index in [-0.39, 0.29) is 12.2 Å². The predicted molar refractivity (Wildman–Crippen MR) is 39.8 cm³/mol. The van der Waals surface area contributed by atoms with Gasteiger partial charge in [0.25, 0.3) is 0 Å². The average molecular weight is 144 g/mol. The van der Waals surface area contributed by atoms with E-state index in [9.17, 15) is 5.11 Å². The Balaban J connectivity index is 2.38. The van der Waals surface area contributed by atoms with Gasteiger partial charge < -0.3 is 9.84 Å². The first-order valence-corrected chi connectivity index (χ1v) is 3.95. The fourth-order valence-corrected chi connectivity index (χ4v) is 1.57. The second kappa shape index (κ2) is 3.35. The molecule has 0 aromatic carbocycles. The van der Waals surface area contributed by atoms with Crippen molar-refractivity contribution in [3.8, 4) is 0 Å². The maximum Gasteiger partial charge on any atom is 0.0832 e. The van der Waals surface area contributed by atoms with E-state index in [1.54, 1.807) is 7.11 Å². The van der Waals surface area contributed by atoms with Gasteiger partial charge in [0.05, 0.1) is 12.2 Å². The third-order valence-electron chi connectivity index (χ3n) is 2.32. The van der Waals surface area contributed by atoms with Gasteiger partial charge in [-0.25, -0.2) is 0 Å². The number of methoxy groups -OCH3 is 1. The molecule has 0 heterocycles. The summed E-state index contributed by atoms with van der Waals surface area (Å²) in [6, 6.07) is 0. The van der Waals surface area contributed by atoms with Crippen molar-refractivity contribution in [1.29, 1.82) is 0 Å². The molecular formula is C8H16O2. The topological polar surface area (TPSA) is 29.5 Å². The van der Waals surface area contributed by atoms with Gasteiger partial charge in [-0.15, -0.1) is 0 Å². The first-order chi connectivity index (χ1) is 4.74. The Labute approximate surface area is 62.2 Å². The maximum atomic E-state index is 9.36. The second-order valence-corrected chi connectivity index (χ2v) is 3.26. The molecule has 0 amide bonds. The molecule has 1 rings (SSSR count). The largest absolute Gasteiger partial charge is 0.390 e. The Kier molecular flexibility index (Phi) is 2.69. The van der Waals surface area contributed by atoms with Crippen molar-refractivity contribution in [2.24, 2.45) is 5.92 Å². The number of ether oxygens (including phenoxy) is 1. The summed E-state index contributed by atoms with van der Waals surface area (Å²) < 4.78 is 5.12. The van der Waals surface area contributed by atoms with Crippen molar-refractivity contribution < 1.29 is 9.84 Å². The van der Waals surface area contributed by atoms with Crippen molar-refractivity contribution in [2.45, 2.75) is 38.4 Å². The van der Waals surface area contributed by atoms with Gasteiger partial charge in [0.2, 0.25) is 0 Å². The van der Waals surface area contributed by atoms with Gasteiger partial charge in [-0.05, 0) is 25.2 Å².